The molecule has 0 saturated carbocycles. The summed E-state index contributed by atoms with van der Waals surface area (Å²) in [6.45, 7) is 0.887. The molecule has 4 heteroatoms. The number of hydrogen-bond acceptors (Lipinski definition) is 3. The highest BCUT2D eigenvalue weighted by molar-refractivity contribution is 5.18. The molecule has 0 amide bonds. The highest BCUT2D eigenvalue weighted by atomic mass is 19.1. The fraction of sp³-hybridized carbons (Fsp3) is 0.750. The minimum absolute atomic E-state index is 0.574. The van der Waals surface area contributed by atoms with Gasteiger partial charge in [-0.1, -0.05) is 5.92 Å². The van der Waals surface area contributed by atoms with Crippen LogP contribution in [0.4, 0.5) is 4.39 Å². The highest BCUT2D eigenvalue weighted by Gasteiger charge is 2.52. The van der Waals surface area contributed by atoms with Crippen molar-refractivity contribution in [3.8, 4) is 12.3 Å². The standard InChI is InChI=1S/C8H11FO3/c1-3-8(4-10)7(11)6(9)5(2)12-8/h1,5-7,10-11H,4H2,2H3/t5?,6-,7-,8+/m0/s1. The van der Waals surface area contributed by atoms with Crippen LogP contribution >= 0.6 is 0 Å². The van der Waals surface area contributed by atoms with Crippen molar-refractivity contribution in [1.29, 1.82) is 0 Å². The van der Waals surface area contributed by atoms with Crippen LogP contribution in [0.5, 0.6) is 0 Å². The fourth-order valence-electron chi connectivity index (χ4n) is 1.28. The molecule has 1 fully saturated rings. The van der Waals surface area contributed by atoms with E-state index in [2.05, 4.69) is 5.92 Å². The smallest absolute Gasteiger partial charge is 0.180 e. The number of rotatable bonds is 1. The van der Waals surface area contributed by atoms with Crippen molar-refractivity contribution in [2.75, 3.05) is 6.61 Å². The van der Waals surface area contributed by atoms with E-state index < -0.39 is 30.6 Å². The molecule has 1 aliphatic rings. The Balaban J connectivity index is 2.89. The topological polar surface area (TPSA) is 49.7 Å². The van der Waals surface area contributed by atoms with E-state index in [0.717, 1.165) is 0 Å². The van der Waals surface area contributed by atoms with Crippen molar-refractivity contribution in [2.24, 2.45) is 0 Å². The fourth-order valence-corrected chi connectivity index (χ4v) is 1.28. The molecular weight excluding hydrogens is 163 g/mol. The average molecular weight is 174 g/mol. The van der Waals surface area contributed by atoms with Crippen molar-refractivity contribution in [3.63, 3.8) is 0 Å². The molecule has 0 bridgehead atoms. The summed E-state index contributed by atoms with van der Waals surface area (Å²) in [6.07, 6.45) is 1.28. The SMILES string of the molecule is C#C[C@]1(CO)OC(C)[C@H](F)[C@@H]1O. The first-order valence-electron chi connectivity index (χ1n) is 3.66. The zero-order valence-corrected chi connectivity index (χ0v) is 6.70. The van der Waals surface area contributed by atoms with Gasteiger partial charge >= 0.3 is 0 Å². The van der Waals surface area contributed by atoms with E-state index in [1.165, 1.54) is 6.92 Å². The number of aliphatic hydroxyl groups is 2. The third-order valence-electron chi connectivity index (χ3n) is 2.10. The quantitative estimate of drug-likeness (QED) is 0.525. The van der Waals surface area contributed by atoms with E-state index in [0.29, 0.717) is 0 Å². The number of ether oxygens (including phenoxy) is 1. The lowest BCUT2D eigenvalue weighted by molar-refractivity contribution is -0.0672. The van der Waals surface area contributed by atoms with E-state index in [4.69, 9.17) is 16.3 Å². The maximum atomic E-state index is 13.0. The Morgan fingerprint density at radius 3 is 2.50 bits per heavy atom. The molecule has 1 aliphatic heterocycles. The molecule has 4 atom stereocenters. The minimum Gasteiger partial charge on any atom is -0.392 e. The Labute approximate surface area is 70.2 Å². The number of aliphatic hydroxyl groups excluding tert-OH is 2. The van der Waals surface area contributed by atoms with Gasteiger partial charge < -0.3 is 14.9 Å². The predicted octanol–water partition coefficient (Wildman–Crippen LogP) is -0.532. The van der Waals surface area contributed by atoms with E-state index in [1.54, 1.807) is 0 Å². The van der Waals surface area contributed by atoms with Gasteiger partial charge in [-0.15, -0.1) is 6.42 Å². The molecule has 0 spiro atoms. The third kappa shape index (κ3) is 1.11. The summed E-state index contributed by atoms with van der Waals surface area (Å²) in [6, 6.07) is 0. The van der Waals surface area contributed by atoms with Gasteiger partial charge in [-0.2, -0.15) is 0 Å². The summed E-state index contributed by atoms with van der Waals surface area (Å²) in [5.74, 6) is 2.08. The van der Waals surface area contributed by atoms with Crippen molar-refractivity contribution >= 4 is 0 Å². The first kappa shape index (κ1) is 9.46. The van der Waals surface area contributed by atoms with E-state index in [9.17, 15) is 9.50 Å². The van der Waals surface area contributed by atoms with Gasteiger partial charge in [0.1, 0.15) is 6.10 Å². The summed E-state index contributed by atoms with van der Waals surface area (Å²) >= 11 is 0. The molecule has 68 valence electrons. The zero-order chi connectivity index (χ0) is 9.35. The van der Waals surface area contributed by atoms with Crippen molar-refractivity contribution in [3.05, 3.63) is 0 Å². The Morgan fingerprint density at radius 1 is 1.75 bits per heavy atom. The average Bonchev–Trinajstić information content (AvgIpc) is 2.30. The second kappa shape index (κ2) is 3.02. The molecule has 1 saturated heterocycles. The molecular formula is C8H11FO3. The molecule has 0 aromatic rings. The number of terminal acetylenes is 1. The van der Waals surface area contributed by atoms with Gasteiger partial charge in [-0.25, -0.2) is 4.39 Å². The Hall–Kier alpha value is -0.630. The molecule has 12 heavy (non-hydrogen) atoms. The maximum Gasteiger partial charge on any atom is 0.180 e. The van der Waals surface area contributed by atoms with Crippen molar-refractivity contribution in [2.45, 2.75) is 30.9 Å². The van der Waals surface area contributed by atoms with Gasteiger partial charge in [-0.05, 0) is 6.92 Å². The van der Waals surface area contributed by atoms with Crippen LogP contribution in [-0.2, 0) is 4.74 Å². The Kier molecular flexibility index (Phi) is 2.38. The minimum atomic E-state index is -1.56. The Bertz CT molecular complexity index is 213. The summed E-state index contributed by atoms with van der Waals surface area (Å²) in [7, 11) is 0. The lowest BCUT2D eigenvalue weighted by atomic mass is 9.97. The van der Waals surface area contributed by atoms with Crippen molar-refractivity contribution < 1.29 is 19.3 Å². The zero-order valence-electron chi connectivity index (χ0n) is 6.70. The molecule has 2 N–H and O–H groups in total. The number of halogens is 1. The van der Waals surface area contributed by atoms with Crippen molar-refractivity contribution in [1.82, 2.24) is 0 Å². The first-order valence-corrected chi connectivity index (χ1v) is 3.66. The molecule has 0 aliphatic carbocycles. The van der Waals surface area contributed by atoms with Gasteiger partial charge in [0.2, 0.25) is 0 Å². The summed E-state index contributed by atoms with van der Waals surface area (Å²) in [5, 5.41) is 18.1. The first-order chi connectivity index (χ1) is 5.57. The lowest BCUT2D eigenvalue weighted by Crippen LogP contribution is -2.44. The molecule has 3 nitrogen and oxygen atoms in total. The van der Waals surface area contributed by atoms with E-state index in [1.807, 2.05) is 0 Å². The van der Waals surface area contributed by atoms with Crippen LogP contribution in [0.25, 0.3) is 0 Å². The van der Waals surface area contributed by atoms with Gasteiger partial charge in [0.05, 0.1) is 12.7 Å². The van der Waals surface area contributed by atoms with Crippen LogP contribution in [0.15, 0.2) is 0 Å². The summed E-state index contributed by atoms with van der Waals surface area (Å²) in [5.41, 5.74) is -1.56. The Morgan fingerprint density at radius 2 is 2.33 bits per heavy atom. The largest absolute Gasteiger partial charge is 0.392 e. The van der Waals surface area contributed by atoms with E-state index >= 15 is 0 Å². The van der Waals surface area contributed by atoms with Crippen LogP contribution in [-0.4, -0.2) is 40.8 Å². The number of alkyl halides is 1. The molecule has 0 aromatic carbocycles. The third-order valence-corrected chi connectivity index (χ3v) is 2.10. The van der Waals surface area contributed by atoms with Crippen LogP contribution in [0.3, 0.4) is 0 Å². The van der Waals surface area contributed by atoms with Gasteiger partial charge in [0, 0.05) is 0 Å². The second-order valence-electron chi connectivity index (χ2n) is 2.90. The van der Waals surface area contributed by atoms with Crippen LogP contribution in [0, 0.1) is 12.3 Å². The maximum absolute atomic E-state index is 13.0. The monoisotopic (exact) mass is 174 g/mol. The highest BCUT2D eigenvalue weighted by Crippen LogP contribution is 2.32. The van der Waals surface area contributed by atoms with Gasteiger partial charge in [0.15, 0.2) is 11.8 Å². The van der Waals surface area contributed by atoms with Crippen LogP contribution in [0.1, 0.15) is 6.92 Å². The molecule has 0 radical (unpaired) electrons. The summed E-state index contributed by atoms with van der Waals surface area (Å²) in [4.78, 5) is 0. The van der Waals surface area contributed by atoms with Crippen LogP contribution in [0.2, 0.25) is 0 Å². The molecule has 1 unspecified atom stereocenters. The molecule has 1 rings (SSSR count). The predicted molar refractivity (Wildman–Crippen MR) is 40.1 cm³/mol. The van der Waals surface area contributed by atoms with Gasteiger partial charge in [0.25, 0.3) is 0 Å². The van der Waals surface area contributed by atoms with Crippen LogP contribution < -0.4 is 0 Å². The van der Waals surface area contributed by atoms with E-state index in [-0.39, 0.29) is 0 Å². The number of hydrogen-bond donors (Lipinski definition) is 2. The molecule has 1 heterocycles. The molecule has 0 aromatic heterocycles. The summed E-state index contributed by atoms with van der Waals surface area (Å²) < 4.78 is 18.0. The van der Waals surface area contributed by atoms with Gasteiger partial charge in [-0.3, -0.25) is 0 Å². The lowest BCUT2D eigenvalue weighted by Gasteiger charge is -2.22. The second-order valence-corrected chi connectivity index (χ2v) is 2.90. The normalized spacial score (nSPS) is 47.4.